The summed E-state index contributed by atoms with van der Waals surface area (Å²) in [6.45, 7) is 4.70. The van der Waals surface area contributed by atoms with E-state index in [2.05, 4.69) is 19.1 Å². The molecular formula is C16H17NO. The maximum absolute atomic E-state index is 11.3. The molecule has 0 atom stereocenters. The molecular weight excluding hydrogens is 222 g/mol. The second-order valence-electron chi connectivity index (χ2n) is 4.45. The van der Waals surface area contributed by atoms with E-state index in [0.29, 0.717) is 6.54 Å². The predicted octanol–water partition coefficient (Wildman–Crippen LogP) is 3.47. The zero-order valence-electron chi connectivity index (χ0n) is 10.8. The summed E-state index contributed by atoms with van der Waals surface area (Å²) in [5.41, 5.74) is 4.46. The van der Waals surface area contributed by atoms with Gasteiger partial charge in [-0.05, 0) is 36.6 Å². The van der Waals surface area contributed by atoms with Gasteiger partial charge in [0.2, 0.25) is 6.41 Å². The Balaban J connectivity index is 2.29. The lowest BCUT2D eigenvalue weighted by Gasteiger charge is -2.20. The molecule has 0 radical (unpaired) electrons. The first kappa shape index (κ1) is 12.4. The van der Waals surface area contributed by atoms with Gasteiger partial charge in [-0.3, -0.25) is 4.79 Å². The van der Waals surface area contributed by atoms with Crippen molar-refractivity contribution in [2.75, 3.05) is 4.90 Å². The number of aryl methyl sites for hydroxylation is 2. The van der Waals surface area contributed by atoms with Crippen molar-refractivity contribution in [1.82, 2.24) is 0 Å². The number of hydrogen-bond acceptors (Lipinski definition) is 1. The van der Waals surface area contributed by atoms with Crippen LogP contribution in [-0.4, -0.2) is 6.41 Å². The fourth-order valence-electron chi connectivity index (χ4n) is 2.04. The summed E-state index contributed by atoms with van der Waals surface area (Å²) in [5.74, 6) is 0. The van der Waals surface area contributed by atoms with Crippen LogP contribution in [-0.2, 0) is 11.3 Å². The molecule has 0 N–H and O–H groups in total. The van der Waals surface area contributed by atoms with Gasteiger partial charge in [-0.1, -0.05) is 42.5 Å². The Hall–Kier alpha value is -2.09. The van der Waals surface area contributed by atoms with E-state index >= 15 is 0 Å². The van der Waals surface area contributed by atoms with E-state index in [0.717, 1.165) is 17.7 Å². The molecule has 0 fully saturated rings. The van der Waals surface area contributed by atoms with Crippen molar-refractivity contribution in [3.05, 3.63) is 65.2 Å². The molecule has 0 spiro atoms. The van der Waals surface area contributed by atoms with E-state index in [1.807, 2.05) is 43.3 Å². The van der Waals surface area contributed by atoms with Gasteiger partial charge in [0.25, 0.3) is 0 Å². The highest BCUT2D eigenvalue weighted by Crippen LogP contribution is 2.21. The molecule has 0 saturated heterocycles. The van der Waals surface area contributed by atoms with Gasteiger partial charge < -0.3 is 4.90 Å². The molecule has 0 unspecified atom stereocenters. The first-order valence-electron chi connectivity index (χ1n) is 6.04. The maximum atomic E-state index is 11.3. The van der Waals surface area contributed by atoms with Crippen LogP contribution >= 0.6 is 0 Å². The van der Waals surface area contributed by atoms with E-state index in [4.69, 9.17) is 0 Å². The van der Waals surface area contributed by atoms with Gasteiger partial charge in [0, 0.05) is 5.69 Å². The van der Waals surface area contributed by atoms with Crippen LogP contribution in [0.1, 0.15) is 16.7 Å². The fourth-order valence-corrected chi connectivity index (χ4v) is 2.04. The lowest BCUT2D eigenvalue weighted by Crippen LogP contribution is -2.21. The van der Waals surface area contributed by atoms with Crippen molar-refractivity contribution >= 4 is 12.1 Å². The predicted molar refractivity (Wildman–Crippen MR) is 74.6 cm³/mol. The van der Waals surface area contributed by atoms with Crippen molar-refractivity contribution < 1.29 is 4.79 Å². The monoisotopic (exact) mass is 239 g/mol. The summed E-state index contributed by atoms with van der Waals surface area (Å²) in [6, 6.07) is 16.1. The smallest absolute Gasteiger partial charge is 0.214 e. The summed E-state index contributed by atoms with van der Waals surface area (Å²) >= 11 is 0. The SMILES string of the molecule is Cc1ccccc1CN(C=O)c1ccccc1C. The van der Waals surface area contributed by atoms with Crippen molar-refractivity contribution in [2.45, 2.75) is 20.4 Å². The van der Waals surface area contributed by atoms with Crippen molar-refractivity contribution in [3.8, 4) is 0 Å². The molecule has 92 valence electrons. The van der Waals surface area contributed by atoms with Crippen LogP contribution in [0.15, 0.2) is 48.5 Å². The molecule has 2 nitrogen and oxygen atoms in total. The molecule has 0 heterocycles. The van der Waals surface area contributed by atoms with Gasteiger partial charge >= 0.3 is 0 Å². The maximum Gasteiger partial charge on any atom is 0.214 e. The van der Waals surface area contributed by atoms with Crippen molar-refractivity contribution in [3.63, 3.8) is 0 Å². The first-order chi connectivity index (χ1) is 8.72. The highest BCUT2D eigenvalue weighted by molar-refractivity contribution is 5.76. The molecule has 0 aliphatic rings. The number of carbonyl (C=O) groups is 1. The first-order valence-corrected chi connectivity index (χ1v) is 6.04. The Kier molecular flexibility index (Phi) is 3.78. The van der Waals surface area contributed by atoms with Crippen LogP contribution in [0.4, 0.5) is 5.69 Å². The second-order valence-corrected chi connectivity index (χ2v) is 4.45. The molecule has 2 heteroatoms. The summed E-state index contributed by atoms with van der Waals surface area (Å²) in [5, 5.41) is 0. The van der Waals surface area contributed by atoms with Crippen LogP contribution in [0.25, 0.3) is 0 Å². The molecule has 0 aliphatic carbocycles. The fraction of sp³-hybridized carbons (Fsp3) is 0.188. The third kappa shape index (κ3) is 2.59. The molecule has 1 amide bonds. The highest BCUT2D eigenvalue weighted by Gasteiger charge is 2.09. The quantitative estimate of drug-likeness (QED) is 0.748. The third-order valence-corrected chi connectivity index (χ3v) is 3.15. The Morgan fingerprint density at radius 2 is 1.56 bits per heavy atom. The standard InChI is InChI=1S/C16H17NO/c1-13-7-3-5-9-15(13)11-17(12-18)16-10-6-4-8-14(16)2/h3-10,12H,11H2,1-2H3. The van der Waals surface area contributed by atoms with Crippen LogP contribution in [0, 0.1) is 13.8 Å². The highest BCUT2D eigenvalue weighted by atomic mass is 16.1. The van der Waals surface area contributed by atoms with Gasteiger partial charge in [0.1, 0.15) is 0 Å². The third-order valence-electron chi connectivity index (χ3n) is 3.15. The zero-order valence-corrected chi connectivity index (χ0v) is 10.8. The van der Waals surface area contributed by atoms with Crippen LogP contribution in [0.2, 0.25) is 0 Å². The lowest BCUT2D eigenvalue weighted by atomic mass is 10.1. The Bertz CT molecular complexity index is 548. The van der Waals surface area contributed by atoms with Crippen molar-refractivity contribution in [1.29, 1.82) is 0 Å². The summed E-state index contributed by atoms with van der Waals surface area (Å²) in [6.07, 6.45) is 0.898. The number of hydrogen-bond donors (Lipinski definition) is 0. The molecule has 0 bridgehead atoms. The molecule has 2 rings (SSSR count). The summed E-state index contributed by atoms with van der Waals surface area (Å²) < 4.78 is 0. The number of rotatable bonds is 4. The van der Waals surface area contributed by atoms with E-state index < -0.39 is 0 Å². The average Bonchev–Trinajstić information content (AvgIpc) is 2.39. The van der Waals surface area contributed by atoms with E-state index in [1.54, 1.807) is 4.90 Å². The summed E-state index contributed by atoms with van der Waals surface area (Å²) in [4.78, 5) is 13.0. The number of nitrogens with zero attached hydrogens (tertiary/aromatic N) is 1. The minimum atomic E-state index is 0.612. The molecule has 2 aromatic rings. The second kappa shape index (κ2) is 5.50. The minimum absolute atomic E-state index is 0.612. The molecule has 18 heavy (non-hydrogen) atoms. The molecule has 0 aliphatic heterocycles. The van der Waals surface area contributed by atoms with Gasteiger partial charge in [0.15, 0.2) is 0 Å². The molecule has 0 saturated carbocycles. The van der Waals surface area contributed by atoms with Crippen LogP contribution in [0.5, 0.6) is 0 Å². The lowest BCUT2D eigenvalue weighted by molar-refractivity contribution is -0.107. The topological polar surface area (TPSA) is 20.3 Å². The van der Waals surface area contributed by atoms with Gasteiger partial charge in [-0.2, -0.15) is 0 Å². The number of benzene rings is 2. The number of anilines is 1. The largest absolute Gasteiger partial charge is 0.310 e. The van der Waals surface area contributed by atoms with Crippen molar-refractivity contribution in [2.24, 2.45) is 0 Å². The Morgan fingerprint density at radius 3 is 2.17 bits per heavy atom. The molecule has 0 aromatic heterocycles. The van der Waals surface area contributed by atoms with Crippen LogP contribution in [0.3, 0.4) is 0 Å². The average molecular weight is 239 g/mol. The Morgan fingerprint density at radius 1 is 0.944 bits per heavy atom. The normalized spacial score (nSPS) is 10.1. The van der Waals surface area contributed by atoms with E-state index in [1.165, 1.54) is 11.1 Å². The summed E-state index contributed by atoms with van der Waals surface area (Å²) in [7, 11) is 0. The van der Waals surface area contributed by atoms with Crippen LogP contribution < -0.4 is 4.90 Å². The minimum Gasteiger partial charge on any atom is -0.310 e. The van der Waals surface area contributed by atoms with Gasteiger partial charge in [-0.15, -0.1) is 0 Å². The number of para-hydroxylation sites is 1. The zero-order chi connectivity index (χ0) is 13.0. The van der Waals surface area contributed by atoms with E-state index in [9.17, 15) is 4.79 Å². The van der Waals surface area contributed by atoms with Gasteiger partial charge in [-0.25, -0.2) is 0 Å². The number of carbonyl (C=O) groups excluding carboxylic acids is 1. The number of amides is 1. The molecule has 2 aromatic carbocycles. The van der Waals surface area contributed by atoms with Gasteiger partial charge in [0.05, 0.1) is 6.54 Å². The van der Waals surface area contributed by atoms with E-state index in [-0.39, 0.29) is 0 Å². The Labute approximate surface area is 108 Å².